The topological polar surface area (TPSA) is 26.3 Å². The van der Waals surface area contributed by atoms with Gasteiger partial charge in [-0.3, -0.25) is 0 Å². The lowest BCUT2D eigenvalue weighted by molar-refractivity contribution is -0.137. The fraction of sp³-hybridized carbons (Fsp3) is 0.864. The number of unbranched alkanes of at least 4 members (excludes halogenated alkanes) is 10. The van der Waals surface area contributed by atoms with Crippen molar-refractivity contribution in [1.29, 1.82) is 0 Å². The molecule has 0 aromatic carbocycles. The molecule has 0 aliphatic carbocycles. The lowest BCUT2D eigenvalue weighted by atomic mass is 10.0. The maximum atomic E-state index is 12.0. The van der Waals surface area contributed by atoms with Crippen LogP contribution in [0, 0.1) is 0 Å². The van der Waals surface area contributed by atoms with E-state index in [1.165, 1.54) is 76.2 Å². The van der Waals surface area contributed by atoms with Crippen LogP contribution in [0.4, 0.5) is 0 Å². The van der Waals surface area contributed by atoms with Gasteiger partial charge in [-0.25, -0.2) is 4.79 Å². The summed E-state index contributed by atoms with van der Waals surface area (Å²) in [5.74, 6) is -0.131. The highest BCUT2D eigenvalue weighted by atomic mass is 79.9. The molecule has 2 nitrogen and oxygen atoms in total. The van der Waals surface area contributed by atoms with Gasteiger partial charge in [0, 0.05) is 11.4 Å². The normalized spacial score (nSPS) is 11.7. The molecular weight excluding hydrogens is 376 g/mol. The fourth-order valence-corrected chi connectivity index (χ4v) is 3.40. The molecule has 0 heterocycles. The van der Waals surface area contributed by atoms with E-state index in [1.54, 1.807) is 6.08 Å². The Labute approximate surface area is 165 Å². The summed E-state index contributed by atoms with van der Waals surface area (Å²) in [7, 11) is 0. The first kappa shape index (κ1) is 24.7. The van der Waals surface area contributed by atoms with Gasteiger partial charge in [0.25, 0.3) is 0 Å². The van der Waals surface area contributed by atoms with Crippen LogP contribution in [0.25, 0.3) is 0 Å². The Morgan fingerprint density at radius 1 is 0.760 bits per heavy atom. The van der Waals surface area contributed by atoms with Crippen molar-refractivity contribution in [3.05, 3.63) is 11.6 Å². The SMILES string of the molecule is CCCCCC/C(=C/C(=O)OCCCCCCCCCCBr)CCC. The Morgan fingerprint density at radius 3 is 1.96 bits per heavy atom. The van der Waals surface area contributed by atoms with Crippen LogP contribution < -0.4 is 0 Å². The van der Waals surface area contributed by atoms with Crippen LogP contribution in [0.2, 0.25) is 0 Å². The van der Waals surface area contributed by atoms with Gasteiger partial charge in [0.1, 0.15) is 0 Å². The van der Waals surface area contributed by atoms with Gasteiger partial charge < -0.3 is 4.74 Å². The third-order valence-corrected chi connectivity index (χ3v) is 5.08. The second-order valence-corrected chi connectivity index (χ2v) is 7.84. The van der Waals surface area contributed by atoms with Crippen LogP contribution in [-0.4, -0.2) is 17.9 Å². The highest BCUT2D eigenvalue weighted by Crippen LogP contribution is 2.15. The predicted octanol–water partition coefficient (Wildman–Crippen LogP) is 7.74. The zero-order valence-electron chi connectivity index (χ0n) is 16.8. The third kappa shape index (κ3) is 18.3. The smallest absolute Gasteiger partial charge is 0.330 e. The number of halogens is 1. The van der Waals surface area contributed by atoms with E-state index >= 15 is 0 Å². The van der Waals surface area contributed by atoms with Crippen LogP contribution in [0.1, 0.15) is 110 Å². The van der Waals surface area contributed by atoms with E-state index in [-0.39, 0.29) is 5.97 Å². The van der Waals surface area contributed by atoms with Crippen molar-refractivity contribution in [2.24, 2.45) is 0 Å². The number of esters is 1. The van der Waals surface area contributed by atoms with Crippen LogP contribution in [0.15, 0.2) is 11.6 Å². The Kier molecular flexibility index (Phi) is 19.8. The van der Waals surface area contributed by atoms with Crippen molar-refractivity contribution >= 4 is 21.9 Å². The molecule has 0 amide bonds. The molecule has 25 heavy (non-hydrogen) atoms. The minimum atomic E-state index is -0.131. The van der Waals surface area contributed by atoms with E-state index in [9.17, 15) is 4.79 Å². The van der Waals surface area contributed by atoms with E-state index < -0.39 is 0 Å². The summed E-state index contributed by atoms with van der Waals surface area (Å²) in [5.41, 5.74) is 1.27. The quantitative estimate of drug-likeness (QED) is 0.0986. The number of carbonyl (C=O) groups excluding carboxylic acids is 1. The maximum absolute atomic E-state index is 12.0. The molecule has 0 aliphatic heterocycles. The molecule has 0 rings (SSSR count). The van der Waals surface area contributed by atoms with Gasteiger partial charge in [0.2, 0.25) is 0 Å². The predicted molar refractivity (Wildman–Crippen MR) is 113 cm³/mol. The molecule has 0 aromatic heterocycles. The lowest BCUT2D eigenvalue weighted by Gasteiger charge is -2.07. The average molecular weight is 417 g/mol. The highest BCUT2D eigenvalue weighted by Gasteiger charge is 2.03. The van der Waals surface area contributed by atoms with E-state index in [0.29, 0.717) is 6.61 Å². The minimum absolute atomic E-state index is 0.131. The zero-order chi connectivity index (χ0) is 18.6. The minimum Gasteiger partial charge on any atom is -0.463 e. The number of alkyl halides is 1. The van der Waals surface area contributed by atoms with Crippen LogP contribution in [0.5, 0.6) is 0 Å². The molecule has 0 saturated carbocycles. The Balaban J connectivity index is 3.69. The molecule has 0 spiro atoms. The van der Waals surface area contributed by atoms with Gasteiger partial charge in [-0.2, -0.15) is 0 Å². The van der Waals surface area contributed by atoms with Gasteiger partial charge in [0.15, 0.2) is 0 Å². The summed E-state index contributed by atoms with van der Waals surface area (Å²) in [6, 6.07) is 0. The van der Waals surface area contributed by atoms with Crippen LogP contribution in [-0.2, 0) is 9.53 Å². The van der Waals surface area contributed by atoms with Gasteiger partial charge in [-0.1, -0.05) is 99.6 Å². The lowest BCUT2D eigenvalue weighted by Crippen LogP contribution is -2.04. The van der Waals surface area contributed by atoms with Crippen molar-refractivity contribution < 1.29 is 9.53 Å². The molecular formula is C22H41BrO2. The summed E-state index contributed by atoms with van der Waals surface area (Å²) in [5, 5.41) is 1.13. The standard InChI is InChI=1S/C22H41BrO2/c1-3-5-6-13-17-21(16-4-2)20-22(24)25-19-15-12-10-8-7-9-11-14-18-23/h20H,3-19H2,1-2H3/b21-20+. The monoisotopic (exact) mass is 416 g/mol. The van der Waals surface area contributed by atoms with Crippen molar-refractivity contribution in [3.8, 4) is 0 Å². The first-order chi connectivity index (χ1) is 12.2. The number of carbonyl (C=O) groups is 1. The summed E-state index contributed by atoms with van der Waals surface area (Å²) >= 11 is 3.47. The van der Waals surface area contributed by atoms with Crippen molar-refractivity contribution in [2.45, 2.75) is 110 Å². The van der Waals surface area contributed by atoms with Gasteiger partial charge >= 0.3 is 5.97 Å². The first-order valence-corrected chi connectivity index (χ1v) is 11.8. The van der Waals surface area contributed by atoms with Crippen molar-refractivity contribution in [3.63, 3.8) is 0 Å². The molecule has 0 N–H and O–H groups in total. The maximum Gasteiger partial charge on any atom is 0.330 e. The van der Waals surface area contributed by atoms with Gasteiger partial charge in [-0.05, 0) is 32.1 Å². The number of rotatable bonds is 18. The Bertz CT molecular complexity index is 326. The summed E-state index contributed by atoms with van der Waals surface area (Å²) < 4.78 is 5.39. The molecule has 3 heteroatoms. The molecule has 0 aromatic rings. The second-order valence-electron chi connectivity index (χ2n) is 7.05. The second kappa shape index (κ2) is 20.0. The largest absolute Gasteiger partial charge is 0.463 e. The number of hydrogen-bond acceptors (Lipinski definition) is 2. The molecule has 148 valence electrons. The van der Waals surface area contributed by atoms with Crippen LogP contribution >= 0.6 is 15.9 Å². The molecule has 0 bridgehead atoms. The summed E-state index contributed by atoms with van der Waals surface area (Å²) in [6.07, 6.45) is 20.0. The molecule has 0 fully saturated rings. The van der Waals surface area contributed by atoms with Crippen molar-refractivity contribution in [1.82, 2.24) is 0 Å². The number of allylic oxidation sites excluding steroid dienone is 1. The molecule has 0 radical (unpaired) electrons. The first-order valence-electron chi connectivity index (χ1n) is 10.7. The fourth-order valence-electron chi connectivity index (χ4n) is 3.01. The van der Waals surface area contributed by atoms with E-state index in [1.807, 2.05) is 0 Å². The summed E-state index contributed by atoms with van der Waals surface area (Å²) in [6.45, 7) is 4.98. The number of hydrogen-bond donors (Lipinski definition) is 0. The number of ether oxygens (including phenoxy) is 1. The average Bonchev–Trinajstić information content (AvgIpc) is 2.60. The summed E-state index contributed by atoms with van der Waals surface area (Å²) in [4.78, 5) is 12.0. The molecule has 0 atom stereocenters. The zero-order valence-corrected chi connectivity index (χ0v) is 18.4. The van der Waals surface area contributed by atoms with E-state index in [4.69, 9.17) is 4.74 Å². The highest BCUT2D eigenvalue weighted by molar-refractivity contribution is 9.09. The van der Waals surface area contributed by atoms with Gasteiger partial charge in [-0.15, -0.1) is 0 Å². The Hall–Kier alpha value is -0.310. The van der Waals surface area contributed by atoms with Crippen LogP contribution in [0.3, 0.4) is 0 Å². The third-order valence-electron chi connectivity index (χ3n) is 4.52. The molecule has 0 unspecified atom stereocenters. The molecule has 0 aliphatic rings. The van der Waals surface area contributed by atoms with Gasteiger partial charge in [0.05, 0.1) is 6.61 Å². The van der Waals surface area contributed by atoms with Crippen molar-refractivity contribution in [2.75, 3.05) is 11.9 Å². The van der Waals surface area contributed by atoms with E-state index in [2.05, 4.69) is 29.8 Å². The van der Waals surface area contributed by atoms with E-state index in [0.717, 1.165) is 31.0 Å². The molecule has 0 saturated heterocycles. The Morgan fingerprint density at radius 2 is 1.36 bits per heavy atom.